The van der Waals surface area contributed by atoms with E-state index < -0.39 is 0 Å². The number of halogens is 2. The Morgan fingerprint density at radius 2 is 2.05 bits per heavy atom. The Hall–Kier alpha value is -1.06. The van der Waals surface area contributed by atoms with Crippen molar-refractivity contribution < 1.29 is 4.79 Å². The number of carbonyl (C=O) groups excluding carboxylic acids is 1. The Bertz CT molecular complexity index is 447. The van der Waals surface area contributed by atoms with E-state index in [1.165, 1.54) is 6.42 Å². The molecule has 0 aromatic heterocycles. The lowest BCUT2D eigenvalue weighted by Crippen LogP contribution is -2.16. The number of rotatable bonds is 7. The molecule has 1 rings (SSSR count). The molecule has 0 aliphatic heterocycles. The molecule has 5 heteroatoms. The van der Waals surface area contributed by atoms with Crippen molar-refractivity contribution in [2.24, 2.45) is 5.10 Å². The molecule has 0 bridgehead atoms. The van der Waals surface area contributed by atoms with Gasteiger partial charge in [0, 0.05) is 6.42 Å². The number of nitrogens with one attached hydrogen (secondary N) is 1. The zero-order valence-corrected chi connectivity index (χ0v) is 12.5. The second kappa shape index (κ2) is 8.94. The summed E-state index contributed by atoms with van der Waals surface area (Å²) in [6.07, 6.45) is 6.38. The molecule has 1 N–H and O–H groups in total. The van der Waals surface area contributed by atoms with Gasteiger partial charge >= 0.3 is 0 Å². The van der Waals surface area contributed by atoms with Crippen LogP contribution in [0.2, 0.25) is 10.0 Å². The first-order chi connectivity index (χ1) is 9.13. The lowest BCUT2D eigenvalue weighted by molar-refractivity contribution is -0.121. The molecule has 1 amide bonds. The van der Waals surface area contributed by atoms with Gasteiger partial charge in [0.2, 0.25) is 5.91 Å². The Balaban J connectivity index is 2.32. The van der Waals surface area contributed by atoms with Crippen LogP contribution in [0, 0.1) is 0 Å². The van der Waals surface area contributed by atoms with Crippen LogP contribution in [0.25, 0.3) is 0 Å². The molecule has 0 fully saturated rings. The fraction of sp³-hybridized carbons (Fsp3) is 0.429. The summed E-state index contributed by atoms with van der Waals surface area (Å²) >= 11 is 11.7. The van der Waals surface area contributed by atoms with Gasteiger partial charge in [0.05, 0.1) is 16.3 Å². The molecule has 1 aromatic rings. The second-order valence-corrected chi connectivity index (χ2v) is 5.09. The van der Waals surface area contributed by atoms with Crippen LogP contribution in [-0.2, 0) is 4.79 Å². The van der Waals surface area contributed by atoms with Crippen LogP contribution in [-0.4, -0.2) is 12.1 Å². The minimum Gasteiger partial charge on any atom is -0.273 e. The number of hydrazone groups is 1. The first-order valence-corrected chi connectivity index (χ1v) is 7.16. The van der Waals surface area contributed by atoms with Gasteiger partial charge in [0.25, 0.3) is 0 Å². The SMILES string of the molecule is CCCCCCC(=O)NN=Cc1ccc(Cl)c(Cl)c1. The summed E-state index contributed by atoms with van der Waals surface area (Å²) in [4.78, 5) is 11.4. The topological polar surface area (TPSA) is 41.5 Å². The molecule has 0 radical (unpaired) electrons. The normalized spacial score (nSPS) is 10.9. The maximum absolute atomic E-state index is 11.4. The van der Waals surface area contributed by atoms with E-state index in [0.717, 1.165) is 24.8 Å². The summed E-state index contributed by atoms with van der Waals surface area (Å²) in [5.41, 5.74) is 3.29. The van der Waals surface area contributed by atoms with Gasteiger partial charge in [-0.1, -0.05) is 55.5 Å². The number of carbonyl (C=O) groups is 1. The average molecular weight is 301 g/mol. The van der Waals surface area contributed by atoms with Crippen molar-refractivity contribution in [3.8, 4) is 0 Å². The number of benzene rings is 1. The third-order valence-corrected chi connectivity index (χ3v) is 3.34. The molecule has 0 aliphatic carbocycles. The predicted molar refractivity (Wildman–Crippen MR) is 81.0 cm³/mol. The third-order valence-electron chi connectivity index (χ3n) is 2.60. The average Bonchev–Trinajstić information content (AvgIpc) is 2.39. The van der Waals surface area contributed by atoms with E-state index in [9.17, 15) is 4.79 Å². The Kier molecular flexibility index (Phi) is 7.53. The maximum atomic E-state index is 11.4. The molecular weight excluding hydrogens is 283 g/mol. The first-order valence-electron chi connectivity index (χ1n) is 6.40. The lowest BCUT2D eigenvalue weighted by Gasteiger charge is -2.00. The van der Waals surface area contributed by atoms with Crippen LogP contribution < -0.4 is 5.43 Å². The predicted octanol–water partition coefficient (Wildman–Crippen LogP) is 4.41. The van der Waals surface area contributed by atoms with Gasteiger partial charge in [-0.3, -0.25) is 4.79 Å². The van der Waals surface area contributed by atoms with Crippen LogP contribution in [0.3, 0.4) is 0 Å². The Labute approximate surface area is 124 Å². The molecule has 0 heterocycles. The van der Waals surface area contributed by atoms with Gasteiger partial charge in [-0.15, -0.1) is 0 Å². The molecule has 0 spiro atoms. The standard InChI is InChI=1S/C14H18Cl2N2O/c1-2-3-4-5-6-14(19)18-17-10-11-7-8-12(15)13(16)9-11/h7-10H,2-6H2,1H3,(H,18,19). The highest BCUT2D eigenvalue weighted by atomic mass is 35.5. The van der Waals surface area contributed by atoms with Crippen LogP contribution in [0.5, 0.6) is 0 Å². The minimum absolute atomic E-state index is 0.0626. The smallest absolute Gasteiger partial charge is 0.240 e. The van der Waals surface area contributed by atoms with E-state index in [4.69, 9.17) is 23.2 Å². The van der Waals surface area contributed by atoms with Crippen molar-refractivity contribution in [1.82, 2.24) is 5.43 Å². The summed E-state index contributed by atoms with van der Waals surface area (Å²) in [5, 5.41) is 4.85. The van der Waals surface area contributed by atoms with Crippen molar-refractivity contribution in [2.75, 3.05) is 0 Å². The monoisotopic (exact) mass is 300 g/mol. The van der Waals surface area contributed by atoms with Crippen molar-refractivity contribution >= 4 is 35.3 Å². The van der Waals surface area contributed by atoms with Crippen molar-refractivity contribution in [3.63, 3.8) is 0 Å². The molecule has 0 saturated heterocycles. The highest BCUT2D eigenvalue weighted by Gasteiger charge is 1.99. The number of nitrogens with zero attached hydrogens (tertiary/aromatic N) is 1. The van der Waals surface area contributed by atoms with E-state index in [1.54, 1.807) is 24.4 Å². The second-order valence-electron chi connectivity index (χ2n) is 4.28. The number of hydrogen-bond donors (Lipinski definition) is 1. The molecule has 104 valence electrons. The Morgan fingerprint density at radius 1 is 1.26 bits per heavy atom. The lowest BCUT2D eigenvalue weighted by atomic mass is 10.1. The molecule has 3 nitrogen and oxygen atoms in total. The summed E-state index contributed by atoms with van der Waals surface area (Å²) in [6.45, 7) is 2.14. The van der Waals surface area contributed by atoms with Gasteiger partial charge in [-0.05, 0) is 24.1 Å². The zero-order chi connectivity index (χ0) is 14.1. The summed E-state index contributed by atoms with van der Waals surface area (Å²) in [5.74, 6) is -0.0626. The van der Waals surface area contributed by atoms with Crippen LogP contribution >= 0.6 is 23.2 Å². The molecule has 0 atom stereocenters. The molecule has 1 aromatic carbocycles. The fourth-order valence-corrected chi connectivity index (χ4v) is 1.85. The molecule has 0 saturated carbocycles. The fourth-order valence-electron chi connectivity index (χ4n) is 1.54. The van der Waals surface area contributed by atoms with E-state index in [1.807, 2.05) is 0 Å². The zero-order valence-electron chi connectivity index (χ0n) is 11.0. The number of amides is 1. The van der Waals surface area contributed by atoms with Gasteiger partial charge in [-0.25, -0.2) is 5.43 Å². The van der Waals surface area contributed by atoms with E-state index in [0.29, 0.717) is 16.5 Å². The van der Waals surface area contributed by atoms with Crippen LogP contribution in [0.1, 0.15) is 44.6 Å². The van der Waals surface area contributed by atoms with Gasteiger partial charge in [0.1, 0.15) is 0 Å². The largest absolute Gasteiger partial charge is 0.273 e. The molecule has 0 unspecified atom stereocenters. The maximum Gasteiger partial charge on any atom is 0.240 e. The van der Waals surface area contributed by atoms with Gasteiger partial charge in [-0.2, -0.15) is 5.10 Å². The van der Waals surface area contributed by atoms with Crippen LogP contribution in [0.4, 0.5) is 0 Å². The van der Waals surface area contributed by atoms with E-state index in [-0.39, 0.29) is 5.91 Å². The highest BCUT2D eigenvalue weighted by molar-refractivity contribution is 6.42. The highest BCUT2D eigenvalue weighted by Crippen LogP contribution is 2.21. The van der Waals surface area contributed by atoms with E-state index in [2.05, 4.69) is 17.5 Å². The molecular formula is C14H18Cl2N2O. The van der Waals surface area contributed by atoms with Crippen molar-refractivity contribution in [1.29, 1.82) is 0 Å². The summed E-state index contributed by atoms with van der Waals surface area (Å²) in [7, 11) is 0. The van der Waals surface area contributed by atoms with Crippen molar-refractivity contribution in [2.45, 2.75) is 39.0 Å². The third kappa shape index (κ3) is 6.60. The van der Waals surface area contributed by atoms with Gasteiger partial charge in [0.15, 0.2) is 0 Å². The Morgan fingerprint density at radius 3 is 2.74 bits per heavy atom. The molecule has 0 aliphatic rings. The van der Waals surface area contributed by atoms with Gasteiger partial charge < -0.3 is 0 Å². The molecule has 19 heavy (non-hydrogen) atoms. The minimum atomic E-state index is -0.0626. The summed E-state index contributed by atoms with van der Waals surface area (Å²) in [6, 6.07) is 5.17. The first kappa shape index (κ1) is 16.0. The number of hydrogen-bond acceptors (Lipinski definition) is 2. The summed E-state index contributed by atoms with van der Waals surface area (Å²) < 4.78 is 0. The van der Waals surface area contributed by atoms with Crippen molar-refractivity contribution in [3.05, 3.63) is 33.8 Å². The van der Waals surface area contributed by atoms with E-state index >= 15 is 0 Å². The van der Waals surface area contributed by atoms with Crippen LogP contribution in [0.15, 0.2) is 23.3 Å². The number of unbranched alkanes of at least 4 members (excludes halogenated alkanes) is 3. The quantitative estimate of drug-likeness (QED) is 0.452.